The molecule has 1 aromatic carbocycles. The molecule has 2 N–H and O–H groups in total. The number of carbonyl (C=O) groups is 1. The number of ketones is 1. The van der Waals surface area contributed by atoms with Crippen molar-refractivity contribution < 1.29 is 27.1 Å². The van der Waals surface area contributed by atoms with Crippen LogP contribution in [-0.2, 0) is 16.7 Å². The first kappa shape index (κ1) is 20.7. The van der Waals surface area contributed by atoms with Crippen molar-refractivity contribution in [3.05, 3.63) is 58.9 Å². The number of carbonyl (C=O) groups excluding carboxylic acids is 1. The molecule has 0 unspecified atom stereocenters. The maximum absolute atomic E-state index is 14.9. The normalized spacial score (nSPS) is 24.2. The fraction of sp³-hybridized carbons (Fsp3) is 0.368. The number of nitrogens with zero attached hydrogens (tertiary/aromatic N) is 3. The molecule has 2 heterocycles. The molecule has 10 heteroatoms. The van der Waals surface area contributed by atoms with Crippen LogP contribution in [-0.4, -0.2) is 40.5 Å². The quantitative estimate of drug-likeness (QED) is 0.605. The molecule has 154 valence electrons. The number of ether oxygens (including phenoxy) is 1. The summed E-state index contributed by atoms with van der Waals surface area (Å²) in [6, 6.07) is 2.91. The number of aryl methyl sites for hydroxylation is 1. The Labute approximate surface area is 163 Å². The predicted molar refractivity (Wildman–Crippen MR) is 96.0 cm³/mol. The summed E-state index contributed by atoms with van der Waals surface area (Å²) in [6.45, 7) is 2.87. The van der Waals surface area contributed by atoms with Crippen molar-refractivity contribution in [3.63, 3.8) is 0 Å². The second-order valence-corrected chi connectivity index (χ2v) is 6.87. The number of hydrogen-bond donors (Lipinski definition) is 1. The standard InChI is InChI=1S/C19H18F4N4O2/c1-9-7-26-13(8-25-9)14(28)6-10-3-4-12(20)11(5-10)19(2)16(21)15(17(22)23)29-18(24)27-19/h3-5,7-8,15-17H,6H2,1-2H3,(H2,24,27)/t15-,16-,19+/m0/s1. The van der Waals surface area contributed by atoms with Crippen LogP contribution >= 0.6 is 0 Å². The minimum Gasteiger partial charge on any atom is -0.453 e. The number of aliphatic imine (C=N–C) groups is 1. The van der Waals surface area contributed by atoms with Crippen molar-refractivity contribution in [1.82, 2.24) is 9.97 Å². The van der Waals surface area contributed by atoms with Crippen molar-refractivity contribution in [2.45, 2.75) is 44.5 Å². The van der Waals surface area contributed by atoms with Gasteiger partial charge in [-0.3, -0.25) is 9.78 Å². The SMILES string of the molecule is Cc1cnc(C(=O)Cc2ccc(F)c([C@@]3(C)N=C(N)O[C@H](C(F)F)[C@@H]3F)c2)cn1. The van der Waals surface area contributed by atoms with Crippen LogP contribution in [0.4, 0.5) is 17.6 Å². The van der Waals surface area contributed by atoms with Gasteiger partial charge in [-0.15, -0.1) is 0 Å². The monoisotopic (exact) mass is 410 g/mol. The summed E-state index contributed by atoms with van der Waals surface area (Å²) in [6.07, 6.45) is -5.17. The van der Waals surface area contributed by atoms with E-state index in [1.165, 1.54) is 24.5 Å². The topological polar surface area (TPSA) is 90.5 Å². The van der Waals surface area contributed by atoms with E-state index in [1.54, 1.807) is 6.92 Å². The first-order chi connectivity index (χ1) is 13.6. The first-order valence-corrected chi connectivity index (χ1v) is 8.66. The molecule has 29 heavy (non-hydrogen) atoms. The number of Topliss-reactive ketones (excluding diaryl/α,β-unsaturated/α-hetero) is 1. The van der Waals surface area contributed by atoms with E-state index < -0.39 is 41.9 Å². The third kappa shape index (κ3) is 4.06. The largest absolute Gasteiger partial charge is 0.453 e. The highest BCUT2D eigenvalue weighted by molar-refractivity contribution is 5.95. The zero-order valence-corrected chi connectivity index (χ0v) is 15.6. The molecule has 0 saturated heterocycles. The summed E-state index contributed by atoms with van der Waals surface area (Å²) in [4.78, 5) is 24.1. The van der Waals surface area contributed by atoms with Crippen LogP contribution in [0.5, 0.6) is 0 Å². The molecule has 3 rings (SSSR count). The van der Waals surface area contributed by atoms with Gasteiger partial charge in [-0.1, -0.05) is 6.07 Å². The van der Waals surface area contributed by atoms with Gasteiger partial charge < -0.3 is 10.5 Å². The van der Waals surface area contributed by atoms with E-state index in [1.807, 2.05) is 0 Å². The third-order valence-electron chi connectivity index (χ3n) is 4.68. The van der Waals surface area contributed by atoms with Crippen LogP contribution in [0.2, 0.25) is 0 Å². The molecule has 0 saturated carbocycles. The second-order valence-electron chi connectivity index (χ2n) is 6.87. The van der Waals surface area contributed by atoms with Crippen LogP contribution in [0.1, 0.15) is 34.2 Å². The number of alkyl halides is 3. The molecule has 0 bridgehead atoms. The number of halogens is 4. The van der Waals surface area contributed by atoms with E-state index in [9.17, 15) is 22.4 Å². The van der Waals surface area contributed by atoms with E-state index in [2.05, 4.69) is 19.7 Å². The average Bonchev–Trinajstić information content (AvgIpc) is 2.66. The lowest BCUT2D eigenvalue weighted by Crippen LogP contribution is -2.52. The molecule has 0 spiro atoms. The van der Waals surface area contributed by atoms with Gasteiger partial charge in [0.25, 0.3) is 12.4 Å². The Morgan fingerprint density at radius 2 is 2.03 bits per heavy atom. The van der Waals surface area contributed by atoms with Gasteiger partial charge in [0.1, 0.15) is 17.1 Å². The fourth-order valence-electron chi connectivity index (χ4n) is 3.11. The number of rotatable bonds is 5. The van der Waals surface area contributed by atoms with E-state index in [0.29, 0.717) is 11.3 Å². The van der Waals surface area contributed by atoms with E-state index >= 15 is 0 Å². The van der Waals surface area contributed by atoms with Gasteiger partial charge in [0.05, 0.1) is 11.9 Å². The van der Waals surface area contributed by atoms with Crippen LogP contribution in [0.25, 0.3) is 0 Å². The molecule has 6 nitrogen and oxygen atoms in total. The van der Waals surface area contributed by atoms with Gasteiger partial charge in [0.15, 0.2) is 18.1 Å². The zero-order valence-electron chi connectivity index (χ0n) is 15.6. The molecule has 1 aliphatic rings. The summed E-state index contributed by atoms with van der Waals surface area (Å²) in [7, 11) is 0. The summed E-state index contributed by atoms with van der Waals surface area (Å²) in [5.41, 5.74) is 4.16. The second kappa shape index (κ2) is 7.76. The van der Waals surface area contributed by atoms with Crippen molar-refractivity contribution in [1.29, 1.82) is 0 Å². The number of hydrogen-bond acceptors (Lipinski definition) is 6. The Hall–Kier alpha value is -3.04. The molecule has 0 fully saturated rings. The maximum atomic E-state index is 14.9. The molecule has 2 aromatic rings. The highest BCUT2D eigenvalue weighted by Crippen LogP contribution is 2.40. The highest BCUT2D eigenvalue weighted by Gasteiger charge is 2.51. The predicted octanol–water partition coefficient (Wildman–Crippen LogP) is 2.88. The average molecular weight is 410 g/mol. The minimum atomic E-state index is -3.19. The molecule has 3 atom stereocenters. The fourth-order valence-corrected chi connectivity index (χ4v) is 3.11. The van der Waals surface area contributed by atoms with Gasteiger partial charge in [0.2, 0.25) is 0 Å². The Balaban J connectivity index is 1.95. The van der Waals surface area contributed by atoms with Crippen molar-refractivity contribution in [3.8, 4) is 0 Å². The van der Waals surface area contributed by atoms with Crippen molar-refractivity contribution >= 4 is 11.8 Å². The van der Waals surface area contributed by atoms with Gasteiger partial charge in [-0.2, -0.15) is 0 Å². The summed E-state index contributed by atoms with van der Waals surface area (Å²) < 4.78 is 60.3. The van der Waals surface area contributed by atoms with E-state index in [4.69, 9.17) is 5.73 Å². The molecular formula is C19H18F4N4O2. The number of aromatic nitrogens is 2. The summed E-state index contributed by atoms with van der Waals surface area (Å²) in [5, 5.41) is 0. The molecule has 0 aliphatic carbocycles. The minimum absolute atomic E-state index is 0.113. The molecule has 1 aromatic heterocycles. The van der Waals surface area contributed by atoms with Crippen molar-refractivity contribution in [2.75, 3.05) is 0 Å². The first-order valence-electron chi connectivity index (χ1n) is 8.66. The lowest BCUT2D eigenvalue weighted by molar-refractivity contribution is -0.0741. The lowest BCUT2D eigenvalue weighted by atomic mass is 9.83. The summed E-state index contributed by atoms with van der Waals surface area (Å²) in [5.74, 6) is -1.26. The lowest BCUT2D eigenvalue weighted by Gasteiger charge is -2.38. The van der Waals surface area contributed by atoms with Gasteiger partial charge >= 0.3 is 0 Å². The van der Waals surface area contributed by atoms with Crippen LogP contribution in [0.3, 0.4) is 0 Å². The van der Waals surface area contributed by atoms with Crippen molar-refractivity contribution in [2.24, 2.45) is 10.7 Å². The van der Waals surface area contributed by atoms with Gasteiger partial charge in [-0.05, 0) is 31.5 Å². The number of nitrogens with two attached hydrogens (primary N) is 1. The maximum Gasteiger partial charge on any atom is 0.283 e. The molecule has 0 radical (unpaired) electrons. The van der Waals surface area contributed by atoms with Crippen LogP contribution in [0.15, 0.2) is 35.6 Å². The van der Waals surface area contributed by atoms with Gasteiger partial charge in [-0.25, -0.2) is 27.5 Å². The molecule has 1 aliphatic heterocycles. The molecule has 0 amide bonds. The Morgan fingerprint density at radius 3 is 2.66 bits per heavy atom. The Morgan fingerprint density at radius 1 is 1.31 bits per heavy atom. The summed E-state index contributed by atoms with van der Waals surface area (Å²) >= 11 is 0. The third-order valence-corrected chi connectivity index (χ3v) is 4.68. The number of amidine groups is 1. The van der Waals surface area contributed by atoms with E-state index in [0.717, 1.165) is 13.0 Å². The van der Waals surface area contributed by atoms with Crippen LogP contribution < -0.4 is 5.73 Å². The Kier molecular flexibility index (Phi) is 5.54. The molecular weight excluding hydrogens is 392 g/mol. The smallest absolute Gasteiger partial charge is 0.283 e. The number of benzene rings is 1. The highest BCUT2D eigenvalue weighted by atomic mass is 19.3. The zero-order chi connectivity index (χ0) is 21.3. The van der Waals surface area contributed by atoms with Crippen LogP contribution in [0, 0.1) is 12.7 Å². The van der Waals surface area contributed by atoms with Gasteiger partial charge in [0, 0.05) is 18.2 Å². The Bertz CT molecular complexity index is 952. The van der Waals surface area contributed by atoms with E-state index in [-0.39, 0.29) is 17.7 Å².